The van der Waals surface area contributed by atoms with E-state index in [0.717, 1.165) is 18.4 Å². The molecule has 20 heavy (non-hydrogen) atoms. The molecule has 5 heteroatoms. The van der Waals surface area contributed by atoms with Crippen molar-refractivity contribution < 1.29 is 14.7 Å². The maximum atomic E-state index is 12.6. The Kier molecular flexibility index (Phi) is 3.70. The van der Waals surface area contributed by atoms with Crippen LogP contribution in [0.3, 0.4) is 0 Å². The van der Waals surface area contributed by atoms with E-state index in [9.17, 15) is 14.7 Å². The van der Waals surface area contributed by atoms with Gasteiger partial charge in [0.2, 0.25) is 0 Å². The van der Waals surface area contributed by atoms with E-state index in [1.54, 1.807) is 25.1 Å². The Balaban J connectivity index is 2.35. The number of aliphatic carboxylic acids is 1. The van der Waals surface area contributed by atoms with E-state index in [2.05, 4.69) is 0 Å². The largest absolute Gasteiger partial charge is 0.480 e. The number of carboxylic acid groups (broad SMARTS) is 1. The van der Waals surface area contributed by atoms with E-state index in [1.165, 1.54) is 4.90 Å². The third kappa shape index (κ3) is 2.35. The number of nitrogens with two attached hydrogens (primary N) is 1. The number of carbonyl (C=O) groups is 2. The molecule has 0 bridgehead atoms. The van der Waals surface area contributed by atoms with Crippen LogP contribution in [0.5, 0.6) is 0 Å². The van der Waals surface area contributed by atoms with Crippen molar-refractivity contribution in [3.05, 3.63) is 29.3 Å². The van der Waals surface area contributed by atoms with Gasteiger partial charge >= 0.3 is 5.97 Å². The van der Waals surface area contributed by atoms with Gasteiger partial charge < -0.3 is 15.7 Å². The van der Waals surface area contributed by atoms with Gasteiger partial charge in [0.25, 0.3) is 5.91 Å². The molecule has 1 aromatic carbocycles. The first-order chi connectivity index (χ1) is 9.36. The molecule has 5 nitrogen and oxygen atoms in total. The molecule has 0 aromatic heterocycles. The third-order valence-electron chi connectivity index (χ3n) is 4.11. The van der Waals surface area contributed by atoms with Gasteiger partial charge in [0.15, 0.2) is 0 Å². The van der Waals surface area contributed by atoms with Gasteiger partial charge in [0.1, 0.15) is 5.54 Å². The zero-order chi connectivity index (χ0) is 14.9. The first kappa shape index (κ1) is 14.4. The van der Waals surface area contributed by atoms with Gasteiger partial charge in [-0.1, -0.05) is 0 Å². The second-order valence-electron chi connectivity index (χ2n) is 5.56. The molecule has 0 aliphatic carbocycles. The van der Waals surface area contributed by atoms with E-state index < -0.39 is 11.5 Å². The highest BCUT2D eigenvalue weighted by Crippen LogP contribution is 2.30. The van der Waals surface area contributed by atoms with Crippen molar-refractivity contribution in [2.45, 2.75) is 38.6 Å². The van der Waals surface area contributed by atoms with Gasteiger partial charge in [0, 0.05) is 17.8 Å². The highest BCUT2D eigenvalue weighted by molar-refractivity contribution is 5.98. The Morgan fingerprint density at radius 2 is 2.05 bits per heavy atom. The monoisotopic (exact) mass is 276 g/mol. The van der Waals surface area contributed by atoms with E-state index in [4.69, 9.17) is 5.73 Å². The second-order valence-corrected chi connectivity index (χ2v) is 5.56. The van der Waals surface area contributed by atoms with Crippen LogP contribution in [0.15, 0.2) is 18.2 Å². The van der Waals surface area contributed by atoms with Crippen LogP contribution in [0.4, 0.5) is 5.69 Å². The van der Waals surface area contributed by atoms with Crippen LogP contribution in [0.2, 0.25) is 0 Å². The minimum absolute atomic E-state index is 0.238. The number of carboxylic acids is 1. The van der Waals surface area contributed by atoms with Gasteiger partial charge in [-0.05, 0) is 56.9 Å². The molecule has 3 N–H and O–H groups in total. The van der Waals surface area contributed by atoms with Crippen molar-refractivity contribution in [1.82, 2.24) is 4.90 Å². The molecule has 1 atom stereocenters. The fourth-order valence-electron chi connectivity index (χ4n) is 2.63. The molecule has 2 rings (SSSR count). The molecule has 1 saturated heterocycles. The summed E-state index contributed by atoms with van der Waals surface area (Å²) in [6.07, 6.45) is 2.15. The number of piperidine rings is 1. The number of rotatable bonds is 2. The standard InChI is InChI=1S/C15H20N2O3/c1-10-9-11(5-6-12(10)16)13(18)17-8-4-3-7-15(17,2)14(19)20/h5-6,9H,3-4,7-8,16H2,1-2H3,(H,19,20). The van der Waals surface area contributed by atoms with E-state index >= 15 is 0 Å². The highest BCUT2D eigenvalue weighted by atomic mass is 16.4. The number of likely N-dealkylation sites (tertiary alicyclic amines) is 1. The van der Waals surface area contributed by atoms with Gasteiger partial charge in [-0.2, -0.15) is 0 Å². The Morgan fingerprint density at radius 1 is 1.35 bits per heavy atom. The van der Waals surface area contributed by atoms with Crippen molar-refractivity contribution in [2.75, 3.05) is 12.3 Å². The summed E-state index contributed by atoms with van der Waals surface area (Å²) >= 11 is 0. The molecule has 1 unspecified atom stereocenters. The minimum atomic E-state index is -1.12. The fourth-order valence-corrected chi connectivity index (χ4v) is 2.63. The van der Waals surface area contributed by atoms with Gasteiger partial charge in [0.05, 0.1) is 0 Å². The zero-order valence-corrected chi connectivity index (χ0v) is 11.8. The molecule has 108 valence electrons. The normalized spacial score (nSPS) is 22.6. The predicted molar refractivity (Wildman–Crippen MR) is 76.5 cm³/mol. The fraction of sp³-hybridized carbons (Fsp3) is 0.467. The number of benzene rings is 1. The molecule has 1 heterocycles. The lowest BCUT2D eigenvalue weighted by Gasteiger charge is -2.41. The van der Waals surface area contributed by atoms with Crippen LogP contribution in [-0.4, -0.2) is 34.0 Å². The van der Waals surface area contributed by atoms with Crippen molar-refractivity contribution >= 4 is 17.6 Å². The highest BCUT2D eigenvalue weighted by Gasteiger charge is 2.44. The number of anilines is 1. The maximum absolute atomic E-state index is 12.6. The third-order valence-corrected chi connectivity index (χ3v) is 4.11. The summed E-state index contributed by atoms with van der Waals surface area (Å²) in [4.78, 5) is 25.6. The summed E-state index contributed by atoms with van der Waals surface area (Å²) in [5.74, 6) is -1.18. The van der Waals surface area contributed by atoms with Crippen molar-refractivity contribution in [2.24, 2.45) is 0 Å². The van der Waals surface area contributed by atoms with E-state index in [0.29, 0.717) is 24.2 Å². The van der Waals surface area contributed by atoms with E-state index in [1.807, 2.05) is 6.92 Å². The Hall–Kier alpha value is -2.04. The summed E-state index contributed by atoms with van der Waals surface area (Å²) in [6.45, 7) is 3.93. The first-order valence-electron chi connectivity index (χ1n) is 6.78. The first-order valence-corrected chi connectivity index (χ1v) is 6.78. The van der Waals surface area contributed by atoms with Gasteiger partial charge in [-0.25, -0.2) is 4.79 Å². The molecule has 1 aromatic rings. The Labute approximate surface area is 118 Å². The van der Waals surface area contributed by atoms with Crippen LogP contribution < -0.4 is 5.73 Å². The molecular weight excluding hydrogens is 256 g/mol. The molecule has 1 fully saturated rings. The number of aryl methyl sites for hydroxylation is 1. The van der Waals surface area contributed by atoms with Crippen molar-refractivity contribution in [3.63, 3.8) is 0 Å². The smallest absolute Gasteiger partial charge is 0.329 e. The lowest BCUT2D eigenvalue weighted by Crippen LogP contribution is -2.57. The van der Waals surface area contributed by atoms with Crippen molar-refractivity contribution in [3.8, 4) is 0 Å². The summed E-state index contributed by atoms with van der Waals surface area (Å²) in [5, 5.41) is 9.45. The molecule has 1 aliphatic rings. The number of amides is 1. The second kappa shape index (κ2) is 5.15. The average molecular weight is 276 g/mol. The van der Waals surface area contributed by atoms with Crippen LogP contribution in [0.25, 0.3) is 0 Å². The van der Waals surface area contributed by atoms with Crippen LogP contribution >= 0.6 is 0 Å². The summed E-state index contributed by atoms with van der Waals surface area (Å²) in [6, 6.07) is 5.06. The summed E-state index contributed by atoms with van der Waals surface area (Å²) in [5.41, 5.74) is 6.57. The van der Waals surface area contributed by atoms with Crippen molar-refractivity contribution in [1.29, 1.82) is 0 Å². The molecule has 0 spiro atoms. The molecule has 1 aliphatic heterocycles. The molecule has 0 radical (unpaired) electrons. The topological polar surface area (TPSA) is 83.6 Å². The number of hydrogen-bond donors (Lipinski definition) is 2. The minimum Gasteiger partial charge on any atom is -0.480 e. The molecule has 1 amide bonds. The lowest BCUT2D eigenvalue weighted by molar-refractivity contribution is -0.150. The number of nitrogens with zero attached hydrogens (tertiary/aromatic N) is 1. The average Bonchev–Trinajstić information content (AvgIpc) is 2.41. The number of nitrogen functional groups attached to an aromatic ring is 1. The quantitative estimate of drug-likeness (QED) is 0.810. The lowest BCUT2D eigenvalue weighted by atomic mass is 9.87. The maximum Gasteiger partial charge on any atom is 0.329 e. The summed E-state index contributed by atoms with van der Waals surface area (Å²) < 4.78 is 0. The molecule has 0 saturated carbocycles. The Bertz CT molecular complexity index is 556. The van der Waals surface area contributed by atoms with Crippen LogP contribution in [0.1, 0.15) is 42.1 Å². The van der Waals surface area contributed by atoms with Crippen LogP contribution in [-0.2, 0) is 4.79 Å². The van der Waals surface area contributed by atoms with Crippen LogP contribution in [0, 0.1) is 6.92 Å². The van der Waals surface area contributed by atoms with E-state index in [-0.39, 0.29) is 5.91 Å². The number of hydrogen-bond acceptors (Lipinski definition) is 3. The SMILES string of the molecule is Cc1cc(C(=O)N2CCCCC2(C)C(=O)O)ccc1N. The summed E-state index contributed by atoms with van der Waals surface area (Å²) in [7, 11) is 0. The molecular formula is C15H20N2O3. The zero-order valence-electron chi connectivity index (χ0n) is 11.8. The number of carbonyl (C=O) groups excluding carboxylic acids is 1. The Morgan fingerprint density at radius 3 is 2.65 bits per heavy atom. The van der Waals surface area contributed by atoms with Gasteiger partial charge in [-0.3, -0.25) is 4.79 Å². The predicted octanol–water partition coefficient (Wildman–Crippen LogP) is 2.05. The van der Waals surface area contributed by atoms with Gasteiger partial charge in [-0.15, -0.1) is 0 Å².